The van der Waals surface area contributed by atoms with E-state index in [4.69, 9.17) is 5.73 Å². The number of nitrogens with two attached hydrogens (primary N) is 1. The van der Waals surface area contributed by atoms with Crippen molar-refractivity contribution < 1.29 is 4.79 Å². The first-order valence-electron chi connectivity index (χ1n) is 6.60. The summed E-state index contributed by atoms with van der Waals surface area (Å²) in [7, 11) is 0. The third-order valence-corrected chi connectivity index (χ3v) is 3.75. The Hall–Kier alpha value is -2.77. The van der Waals surface area contributed by atoms with Crippen LogP contribution in [0.25, 0.3) is 22.1 Å². The fourth-order valence-electron chi connectivity index (χ4n) is 2.83. The number of nitrogens with zero attached hydrogens (tertiary/aromatic N) is 5. The second-order valence-corrected chi connectivity index (χ2v) is 4.93. The molecule has 8 heteroatoms. The van der Waals surface area contributed by atoms with Gasteiger partial charge in [0.15, 0.2) is 5.65 Å². The lowest BCUT2D eigenvalue weighted by atomic mass is 10.1. The van der Waals surface area contributed by atoms with Crippen molar-refractivity contribution in [1.29, 1.82) is 0 Å². The number of amides is 1. The lowest BCUT2D eigenvalue weighted by molar-refractivity contribution is -0.118. The molecule has 0 spiro atoms. The summed E-state index contributed by atoms with van der Waals surface area (Å²) in [4.78, 5) is 16.6. The number of nitrogens with one attached hydrogen (secondary N) is 1. The van der Waals surface area contributed by atoms with Crippen LogP contribution in [-0.2, 0) is 4.79 Å². The lowest BCUT2D eigenvalue weighted by Gasteiger charge is -2.24. The highest BCUT2D eigenvalue weighted by molar-refractivity contribution is 6.09. The van der Waals surface area contributed by atoms with E-state index in [0.29, 0.717) is 17.8 Å². The Labute approximate surface area is 119 Å². The molecule has 4 rings (SSSR count). The van der Waals surface area contributed by atoms with Gasteiger partial charge in [0.1, 0.15) is 6.04 Å². The van der Waals surface area contributed by atoms with Gasteiger partial charge in [0.2, 0.25) is 11.6 Å². The van der Waals surface area contributed by atoms with Gasteiger partial charge in [0, 0.05) is 18.1 Å². The normalized spacial score (nSPS) is 18.7. The molecule has 0 aliphatic carbocycles. The molecule has 1 amide bonds. The van der Waals surface area contributed by atoms with Gasteiger partial charge >= 0.3 is 0 Å². The van der Waals surface area contributed by atoms with E-state index in [0.717, 1.165) is 22.9 Å². The first-order chi connectivity index (χ1) is 10.3. The molecule has 0 aromatic carbocycles. The standard InChI is InChI=1S/C13H12N7O/c14-11(21)8-2-1-5-20(8)9-6-16-17-13-10(9)7-3-4-15-12(7)18-19-13/h2-4,6,8H,1,5H2,(H2,14,21)(H,15,18). The summed E-state index contributed by atoms with van der Waals surface area (Å²) < 4.78 is 0. The molecule has 0 bridgehead atoms. The highest BCUT2D eigenvalue weighted by Crippen LogP contribution is 2.33. The van der Waals surface area contributed by atoms with Crippen molar-refractivity contribution in [2.24, 2.45) is 5.73 Å². The summed E-state index contributed by atoms with van der Waals surface area (Å²) in [6.07, 6.45) is 6.15. The zero-order chi connectivity index (χ0) is 14.4. The van der Waals surface area contributed by atoms with Crippen molar-refractivity contribution in [2.45, 2.75) is 12.5 Å². The van der Waals surface area contributed by atoms with Gasteiger partial charge in [0.25, 0.3) is 0 Å². The van der Waals surface area contributed by atoms with Crippen LogP contribution in [0.1, 0.15) is 6.42 Å². The first-order valence-corrected chi connectivity index (χ1v) is 6.60. The van der Waals surface area contributed by atoms with E-state index in [1.165, 1.54) is 0 Å². The predicted octanol–water partition coefficient (Wildman–Crippen LogP) is 0.169. The molecule has 1 unspecified atom stereocenters. The fraction of sp³-hybridized carbons (Fsp3) is 0.231. The van der Waals surface area contributed by atoms with Crippen molar-refractivity contribution in [2.75, 3.05) is 11.4 Å². The number of hydrogen-bond acceptors (Lipinski definition) is 6. The molecule has 1 aliphatic heterocycles. The van der Waals surface area contributed by atoms with Gasteiger partial charge < -0.3 is 15.6 Å². The third kappa shape index (κ3) is 1.72. The maximum Gasteiger partial charge on any atom is 0.240 e. The van der Waals surface area contributed by atoms with Crippen LogP contribution in [0, 0.1) is 6.42 Å². The van der Waals surface area contributed by atoms with Crippen molar-refractivity contribution in [3.8, 4) is 0 Å². The zero-order valence-electron chi connectivity index (χ0n) is 11.0. The van der Waals surface area contributed by atoms with E-state index in [-0.39, 0.29) is 5.91 Å². The SMILES string of the molecule is NC(=O)C1[CH]CCN1c1cnnc2nnc3[nH]ccc3c12. The van der Waals surface area contributed by atoms with E-state index in [1.54, 1.807) is 12.4 Å². The van der Waals surface area contributed by atoms with Crippen LogP contribution in [0.15, 0.2) is 18.5 Å². The third-order valence-electron chi connectivity index (χ3n) is 3.75. The first kappa shape index (κ1) is 12.0. The summed E-state index contributed by atoms with van der Waals surface area (Å²) in [5.74, 6) is -0.371. The number of carbonyl (C=O) groups excluding carboxylic acids is 1. The molecular weight excluding hydrogens is 270 g/mol. The predicted molar refractivity (Wildman–Crippen MR) is 76.2 cm³/mol. The Bertz CT molecular complexity index is 843. The Morgan fingerprint density at radius 3 is 3.14 bits per heavy atom. The second kappa shape index (κ2) is 4.37. The van der Waals surface area contributed by atoms with Crippen molar-refractivity contribution in [3.63, 3.8) is 0 Å². The highest BCUT2D eigenvalue weighted by atomic mass is 16.1. The van der Waals surface area contributed by atoms with Crippen LogP contribution in [0.3, 0.4) is 0 Å². The quantitative estimate of drug-likeness (QED) is 0.692. The lowest BCUT2D eigenvalue weighted by Crippen LogP contribution is -2.40. The molecule has 3 aromatic rings. The van der Waals surface area contributed by atoms with Gasteiger partial charge in [-0.15, -0.1) is 15.3 Å². The second-order valence-electron chi connectivity index (χ2n) is 4.93. The van der Waals surface area contributed by atoms with Gasteiger partial charge in [-0.25, -0.2) is 0 Å². The number of aromatic amines is 1. The molecule has 0 saturated carbocycles. The average molecular weight is 282 g/mol. The molecule has 21 heavy (non-hydrogen) atoms. The summed E-state index contributed by atoms with van der Waals surface area (Å²) in [5.41, 5.74) is 7.41. The topological polar surface area (TPSA) is 114 Å². The monoisotopic (exact) mass is 282 g/mol. The molecule has 1 saturated heterocycles. The molecular formula is C13H12N7O. The van der Waals surface area contributed by atoms with Crippen LogP contribution in [0.2, 0.25) is 0 Å². The van der Waals surface area contributed by atoms with Gasteiger partial charge in [-0.05, 0) is 18.9 Å². The molecule has 1 atom stereocenters. The number of rotatable bonds is 2. The van der Waals surface area contributed by atoms with Crippen molar-refractivity contribution >= 4 is 33.7 Å². The Morgan fingerprint density at radius 1 is 1.38 bits per heavy atom. The van der Waals surface area contributed by atoms with Crippen LogP contribution in [0.5, 0.6) is 0 Å². The maximum absolute atomic E-state index is 11.6. The highest BCUT2D eigenvalue weighted by Gasteiger charge is 2.31. The molecule has 3 N–H and O–H groups in total. The van der Waals surface area contributed by atoms with E-state index in [1.807, 2.05) is 17.4 Å². The molecule has 1 aliphatic rings. The molecule has 1 radical (unpaired) electrons. The number of hydrogen-bond donors (Lipinski definition) is 2. The smallest absolute Gasteiger partial charge is 0.240 e. The van der Waals surface area contributed by atoms with Crippen LogP contribution >= 0.6 is 0 Å². The van der Waals surface area contributed by atoms with Gasteiger partial charge in [0.05, 0.1) is 17.3 Å². The molecule has 3 aromatic heterocycles. The van der Waals surface area contributed by atoms with Crippen molar-refractivity contribution in [1.82, 2.24) is 25.4 Å². The summed E-state index contributed by atoms with van der Waals surface area (Å²) in [5, 5.41) is 17.9. The van der Waals surface area contributed by atoms with Crippen molar-refractivity contribution in [3.05, 3.63) is 24.9 Å². The van der Waals surface area contributed by atoms with Gasteiger partial charge in [-0.2, -0.15) is 5.10 Å². The number of carbonyl (C=O) groups is 1. The zero-order valence-corrected chi connectivity index (χ0v) is 11.0. The molecule has 4 heterocycles. The molecule has 8 nitrogen and oxygen atoms in total. The Kier molecular flexibility index (Phi) is 2.50. The van der Waals surface area contributed by atoms with Gasteiger partial charge in [-0.3, -0.25) is 4.79 Å². The number of fused-ring (bicyclic) bond motifs is 3. The largest absolute Gasteiger partial charge is 0.368 e. The van der Waals surface area contributed by atoms with E-state index < -0.39 is 6.04 Å². The minimum absolute atomic E-state index is 0.371. The summed E-state index contributed by atoms with van der Waals surface area (Å²) in [6.45, 7) is 0.711. The maximum atomic E-state index is 11.6. The number of primary amides is 1. The van der Waals surface area contributed by atoms with Gasteiger partial charge in [-0.1, -0.05) is 0 Å². The number of anilines is 1. The van der Waals surface area contributed by atoms with E-state index >= 15 is 0 Å². The number of H-pyrrole nitrogens is 1. The Balaban J connectivity index is 2.00. The Morgan fingerprint density at radius 2 is 2.29 bits per heavy atom. The summed E-state index contributed by atoms with van der Waals surface area (Å²) >= 11 is 0. The molecule has 1 fully saturated rings. The van der Waals surface area contributed by atoms with E-state index in [2.05, 4.69) is 25.4 Å². The number of aromatic nitrogens is 5. The van der Waals surface area contributed by atoms with Crippen LogP contribution < -0.4 is 10.6 Å². The van der Waals surface area contributed by atoms with E-state index in [9.17, 15) is 4.79 Å². The average Bonchev–Trinajstić information content (AvgIpc) is 3.15. The fourth-order valence-corrected chi connectivity index (χ4v) is 2.83. The van der Waals surface area contributed by atoms with Crippen LogP contribution in [-0.4, -0.2) is 43.9 Å². The minimum Gasteiger partial charge on any atom is -0.368 e. The summed E-state index contributed by atoms with van der Waals surface area (Å²) in [6, 6.07) is 1.48. The minimum atomic E-state index is -0.431. The molecule has 105 valence electrons. The van der Waals surface area contributed by atoms with Crippen LogP contribution in [0.4, 0.5) is 5.69 Å².